The molecule has 0 aliphatic heterocycles. The highest BCUT2D eigenvalue weighted by molar-refractivity contribution is 7.99. The fourth-order valence-electron chi connectivity index (χ4n) is 2.31. The molecular weight excluding hydrogens is 246 g/mol. The van der Waals surface area contributed by atoms with Gasteiger partial charge in [0, 0.05) is 11.4 Å². The van der Waals surface area contributed by atoms with Gasteiger partial charge in [0.2, 0.25) is 0 Å². The number of pyridine rings is 1. The smallest absolute Gasteiger partial charge is 0.251 e. The minimum atomic E-state index is -0.232. The molecule has 1 fully saturated rings. The molecule has 2 aromatic rings. The molecular formula is C13H15N3OS. The van der Waals surface area contributed by atoms with Crippen LogP contribution in [-0.2, 0) is 0 Å². The van der Waals surface area contributed by atoms with E-state index in [-0.39, 0.29) is 5.69 Å². The first kappa shape index (κ1) is 11.7. The maximum Gasteiger partial charge on any atom is 0.355 e. The van der Waals surface area contributed by atoms with Crippen molar-refractivity contribution in [1.29, 1.82) is 0 Å². The fourth-order valence-corrected chi connectivity index (χ4v) is 3.45. The lowest BCUT2D eigenvalue weighted by Gasteiger charge is -2.07. The molecule has 0 unspecified atom stereocenters. The van der Waals surface area contributed by atoms with Crippen LogP contribution in [0.3, 0.4) is 0 Å². The van der Waals surface area contributed by atoms with Crippen LogP contribution in [0.4, 0.5) is 0 Å². The second kappa shape index (κ2) is 4.72. The lowest BCUT2D eigenvalue weighted by atomic mass is 10.3. The van der Waals surface area contributed by atoms with Gasteiger partial charge in [0.25, 0.3) is 0 Å². The molecule has 0 saturated heterocycles. The third kappa shape index (κ3) is 2.27. The van der Waals surface area contributed by atoms with Crippen molar-refractivity contribution in [3.63, 3.8) is 0 Å². The Balaban J connectivity index is 1.99. The van der Waals surface area contributed by atoms with Gasteiger partial charge in [-0.2, -0.15) is 4.98 Å². The predicted molar refractivity (Wildman–Crippen MR) is 72.1 cm³/mol. The van der Waals surface area contributed by atoms with Gasteiger partial charge in [0.15, 0.2) is 5.16 Å². The van der Waals surface area contributed by atoms with Crippen LogP contribution in [0.15, 0.2) is 28.3 Å². The zero-order valence-electron chi connectivity index (χ0n) is 10.3. The van der Waals surface area contributed by atoms with Gasteiger partial charge in [-0.15, -0.1) is 0 Å². The highest BCUT2D eigenvalue weighted by atomic mass is 32.2. The van der Waals surface area contributed by atoms with Crippen LogP contribution in [0.2, 0.25) is 0 Å². The van der Waals surface area contributed by atoms with E-state index in [9.17, 15) is 4.79 Å². The van der Waals surface area contributed by atoms with Crippen LogP contribution < -0.4 is 5.69 Å². The van der Waals surface area contributed by atoms with Gasteiger partial charge in [0.05, 0.1) is 0 Å². The van der Waals surface area contributed by atoms with Crippen molar-refractivity contribution < 1.29 is 0 Å². The maximum atomic E-state index is 11.9. The summed E-state index contributed by atoms with van der Waals surface area (Å²) >= 11 is 1.65. The van der Waals surface area contributed by atoms with Crippen LogP contribution in [0.1, 0.15) is 31.2 Å². The van der Waals surface area contributed by atoms with Gasteiger partial charge in [-0.25, -0.2) is 9.78 Å². The van der Waals surface area contributed by atoms with Crippen molar-refractivity contribution >= 4 is 17.4 Å². The van der Waals surface area contributed by atoms with Crippen LogP contribution in [0.5, 0.6) is 0 Å². The summed E-state index contributed by atoms with van der Waals surface area (Å²) < 4.78 is 1.51. The molecule has 1 aliphatic carbocycles. The molecule has 4 nitrogen and oxygen atoms in total. The van der Waals surface area contributed by atoms with E-state index in [0.717, 1.165) is 5.56 Å². The molecule has 0 amide bonds. The van der Waals surface area contributed by atoms with E-state index in [1.54, 1.807) is 18.0 Å². The van der Waals surface area contributed by atoms with E-state index < -0.39 is 0 Å². The topological polar surface area (TPSA) is 47.3 Å². The minimum absolute atomic E-state index is 0.232. The summed E-state index contributed by atoms with van der Waals surface area (Å²) in [6.45, 7) is 1.95. The normalized spacial score (nSPS) is 16.5. The molecule has 5 heteroatoms. The maximum absolute atomic E-state index is 11.9. The molecule has 0 spiro atoms. The molecule has 3 rings (SSSR count). The number of aryl methyl sites for hydroxylation is 1. The Labute approximate surface area is 109 Å². The Morgan fingerprint density at radius 2 is 2.06 bits per heavy atom. The highest BCUT2D eigenvalue weighted by Gasteiger charge is 2.18. The highest BCUT2D eigenvalue weighted by Crippen LogP contribution is 2.32. The molecule has 2 aromatic heterocycles. The van der Waals surface area contributed by atoms with Crippen molar-refractivity contribution in [3.05, 3.63) is 34.4 Å². The van der Waals surface area contributed by atoms with Crippen molar-refractivity contribution in [3.8, 4) is 0 Å². The van der Waals surface area contributed by atoms with Gasteiger partial charge in [-0.3, -0.25) is 4.40 Å². The monoisotopic (exact) mass is 261 g/mol. The first-order valence-electron chi connectivity index (χ1n) is 6.26. The summed E-state index contributed by atoms with van der Waals surface area (Å²) in [6, 6.07) is 3.84. The lowest BCUT2D eigenvalue weighted by Crippen LogP contribution is -2.19. The number of hydrogen-bond acceptors (Lipinski definition) is 4. The molecule has 94 valence electrons. The number of thioether (sulfide) groups is 1. The minimum Gasteiger partial charge on any atom is -0.251 e. The zero-order valence-corrected chi connectivity index (χ0v) is 11.1. The zero-order chi connectivity index (χ0) is 12.5. The van der Waals surface area contributed by atoms with Gasteiger partial charge in [-0.05, 0) is 31.4 Å². The molecule has 1 saturated carbocycles. The Kier molecular flexibility index (Phi) is 3.07. The fraction of sp³-hybridized carbons (Fsp3) is 0.462. The summed E-state index contributed by atoms with van der Waals surface area (Å²) in [4.78, 5) is 20.4. The van der Waals surface area contributed by atoms with Crippen molar-refractivity contribution in [2.75, 3.05) is 0 Å². The molecule has 0 N–H and O–H groups in total. The number of hydrogen-bond donors (Lipinski definition) is 0. The van der Waals surface area contributed by atoms with E-state index in [1.807, 2.05) is 19.1 Å². The number of rotatable bonds is 2. The number of aromatic nitrogens is 3. The lowest BCUT2D eigenvalue weighted by molar-refractivity contribution is 0.829. The molecule has 18 heavy (non-hydrogen) atoms. The molecule has 0 radical (unpaired) electrons. The molecule has 0 atom stereocenters. The third-order valence-corrected chi connectivity index (χ3v) is 4.45. The van der Waals surface area contributed by atoms with Crippen LogP contribution in [0, 0.1) is 6.92 Å². The second-order valence-corrected chi connectivity index (χ2v) is 6.02. The van der Waals surface area contributed by atoms with Gasteiger partial charge in [-0.1, -0.05) is 30.7 Å². The Morgan fingerprint density at radius 1 is 1.28 bits per heavy atom. The summed E-state index contributed by atoms with van der Waals surface area (Å²) in [5.41, 5.74) is 1.48. The summed E-state index contributed by atoms with van der Waals surface area (Å²) in [6.07, 6.45) is 6.76. The Morgan fingerprint density at radius 3 is 2.83 bits per heavy atom. The first-order chi connectivity index (χ1) is 8.72. The van der Waals surface area contributed by atoms with E-state index in [4.69, 9.17) is 0 Å². The van der Waals surface area contributed by atoms with Crippen molar-refractivity contribution in [2.45, 2.75) is 43.0 Å². The summed E-state index contributed by atoms with van der Waals surface area (Å²) in [7, 11) is 0. The number of nitrogens with zero attached hydrogens (tertiary/aromatic N) is 3. The molecule has 0 aromatic carbocycles. The second-order valence-electron chi connectivity index (χ2n) is 4.75. The van der Waals surface area contributed by atoms with Crippen LogP contribution >= 0.6 is 11.8 Å². The van der Waals surface area contributed by atoms with Gasteiger partial charge >= 0.3 is 5.69 Å². The van der Waals surface area contributed by atoms with Crippen LogP contribution in [0.25, 0.3) is 5.65 Å². The van der Waals surface area contributed by atoms with E-state index >= 15 is 0 Å². The predicted octanol–water partition coefficient (Wildman–Crippen LogP) is 2.43. The van der Waals surface area contributed by atoms with E-state index in [0.29, 0.717) is 16.1 Å². The Bertz CT molecular complexity index is 632. The number of fused-ring (bicyclic) bond motifs is 1. The standard InChI is InChI=1S/C13H15N3OS/c1-9-6-7-11-14-12(15-13(17)16(11)8-9)18-10-4-2-3-5-10/h6-8,10H,2-5H2,1H3. The molecule has 2 heterocycles. The van der Waals surface area contributed by atoms with Gasteiger partial charge < -0.3 is 0 Å². The summed E-state index contributed by atoms with van der Waals surface area (Å²) in [5, 5.41) is 1.20. The summed E-state index contributed by atoms with van der Waals surface area (Å²) in [5.74, 6) is 0. The van der Waals surface area contributed by atoms with Crippen LogP contribution in [-0.4, -0.2) is 19.6 Å². The molecule has 0 bridgehead atoms. The van der Waals surface area contributed by atoms with E-state index in [1.165, 1.54) is 30.1 Å². The average Bonchev–Trinajstić information content (AvgIpc) is 2.83. The van der Waals surface area contributed by atoms with Crippen molar-refractivity contribution in [1.82, 2.24) is 14.4 Å². The third-order valence-electron chi connectivity index (χ3n) is 3.26. The first-order valence-corrected chi connectivity index (χ1v) is 7.14. The largest absolute Gasteiger partial charge is 0.355 e. The average molecular weight is 261 g/mol. The quantitative estimate of drug-likeness (QED) is 0.833. The van der Waals surface area contributed by atoms with Crippen molar-refractivity contribution in [2.24, 2.45) is 0 Å². The molecule has 1 aliphatic rings. The van der Waals surface area contributed by atoms with E-state index in [2.05, 4.69) is 9.97 Å². The SMILES string of the molecule is Cc1ccc2nc(SC3CCCC3)nc(=O)n2c1. The Hall–Kier alpha value is -1.36. The van der Waals surface area contributed by atoms with Gasteiger partial charge in [0.1, 0.15) is 5.65 Å².